The molecule has 4 rings (SSSR count). The molecule has 2 aromatic carbocycles. The topological polar surface area (TPSA) is 108 Å². The highest BCUT2D eigenvalue weighted by molar-refractivity contribution is 6.04. The number of allylic oxidation sites excluding steroid dienone is 3. The third kappa shape index (κ3) is 4.64. The van der Waals surface area contributed by atoms with Gasteiger partial charge in [-0.05, 0) is 31.9 Å². The van der Waals surface area contributed by atoms with Crippen molar-refractivity contribution in [3.8, 4) is 5.75 Å². The van der Waals surface area contributed by atoms with E-state index in [1.807, 2.05) is 18.2 Å². The zero-order valence-electron chi connectivity index (χ0n) is 18.2. The van der Waals surface area contributed by atoms with E-state index in [2.05, 4.69) is 5.32 Å². The molecule has 2 aromatic rings. The van der Waals surface area contributed by atoms with Crippen LogP contribution in [0.1, 0.15) is 37.7 Å². The molecule has 1 aliphatic carbocycles. The van der Waals surface area contributed by atoms with E-state index < -0.39 is 16.8 Å². The molecule has 0 saturated heterocycles. The van der Waals surface area contributed by atoms with Gasteiger partial charge in [0.15, 0.2) is 5.78 Å². The van der Waals surface area contributed by atoms with Crippen LogP contribution in [-0.2, 0) is 14.3 Å². The summed E-state index contributed by atoms with van der Waals surface area (Å²) in [6.07, 6.45) is 1.67. The molecule has 0 fully saturated rings. The SMILES string of the molecule is CC1=C(C(=O)OCCOc2ccccc2)[C@@H](c2ccccc2[N+](=O)[O-])C2=C(CCCC2=O)N1. The van der Waals surface area contributed by atoms with Crippen LogP contribution >= 0.6 is 0 Å². The van der Waals surface area contributed by atoms with E-state index in [9.17, 15) is 19.7 Å². The summed E-state index contributed by atoms with van der Waals surface area (Å²) in [5.41, 5.74) is 2.03. The van der Waals surface area contributed by atoms with Crippen LogP contribution in [0.25, 0.3) is 0 Å². The molecule has 170 valence electrons. The molecule has 33 heavy (non-hydrogen) atoms. The number of ketones is 1. The number of dihydropyridines is 1. The highest BCUT2D eigenvalue weighted by Gasteiger charge is 2.41. The highest BCUT2D eigenvalue weighted by atomic mass is 16.6. The molecule has 1 heterocycles. The summed E-state index contributed by atoms with van der Waals surface area (Å²) in [7, 11) is 0. The van der Waals surface area contributed by atoms with E-state index in [0.29, 0.717) is 41.8 Å². The van der Waals surface area contributed by atoms with Crippen LogP contribution in [0.15, 0.2) is 77.1 Å². The summed E-state index contributed by atoms with van der Waals surface area (Å²) >= 11 is 0. The van der Waals surface area contributed by atoms with E-state index in [4.69, 9.17) is 9.47 Å². The molecule has 0 spiro atoms. The normalized spacial score (nSPS) is 17.8. The third-order valence-corrected chi connectivity index (χ3v) is 5.77. The second-order valence-electron chi connectivity index (χ2n) is 7.88. The lowest BCUT2D eigenvalue weighted by atomic mass is 9.75. The van der Waals surface area contributed by atoms with Gasteiger partial charge in [0.1, 0.15) is 19.0 Å². The smallest absolute Gasteiger partial charge is 0.336 e. The number of Topliss-reactive ketones (excluding diaryl/α,β-unsaturated/α-hetero) is 1. The van der Waals surface area contributed by atoms with Crippen LogP contribution < -0.4 is 10.1 Å². The zero-order valence-corrected chi connectivity index (χ0v) is 18.2. The number of ether oxygens (including phenoxy) is 2. The Morgan fingerprint density at radius 1 is 1.09 bits per heavy atom. The van der Waals surface area contributed by atoms with Crippen LogP contribution in [0.5, 0.6) is 5.75 Å². The molecule has 0 radical (unpaired) electrons. The zero-order chi connectivity index (χ0) is 23.4. The van der Waals surface area contributed by atoms with Crippen LogP contribution in [0, 0.1) is 10.1 Å². The number of nitro benzene ring substituents is 1. The fourth-order valence-corrected chi connectivity index (χ4v) is 4.35. The molecule has 8 nitrogen and oxygen atoms in total. The number of para-hydroxylation sites is 2. The fourth-order valence-electron chi connectivity index (χ4n) is 4.35. The Labute approximate surface area is 191 Å². The Bertz CT molecular complexity index is 1150. The number of carbonyl (C=O) groups excluding carboxylic acids is 2. The maximum atomic E-state index is 13.2. The fraction of sp³-hybridized carbons (Fsp3) is 0.280. The van der Waals surface area contributed by atoms with Crippen molar-refractivity contribution >= 4 is 17.4 Å². The summed E-state index contributed by atoms with van der Waals surface area (Å²) < 4.78 is 11.0. The van der Waals surface area contributed by atoms with Gasteiger partial charge in [0.25, 0.3) is 5.69 Å². The molecule has 0 amide bonds. The first-order valence-corrected chi connectivity index (χ1v) is 10.8. The van der Waals surface area contributed by atoms with Crippen LogP contribution in [0.3, 0.4) is 0 Å². The van der Waals surface area contributed by atoms with Gasteiger partial charge in [0.05, 0.1) is 16.4 Å². The second-order valence-corrected chi connectivity index (χ2v) is 7.88. The quantitative estimate of drug-likeness (QED) is 0.293. The number of esters is 1. The first-order valence-electron chi connectivity index (χ1n) is 10.8. The van der Waals surface area contributed by atoms with Gasteiger partial charge in [-0.1, -0.05) is 36.4 Å². The largest absolute Gasteiger partial charge is 0.490 e. The summed E-state index contributed by atoms with van der Waals surface area (Å²) in [5.74, 6) is -0.955. The van der Waals surface area contributed by atoms with Crippen molar-refractivity contribution in [1.82, 2.24) is 5.32 Å². The number of rotatable bonds is 7. The average Bonchev–Trinajstić information content (AvgIpc) is 2.81. The van der Waals surface area contributed by atoms with E-state index in [-0.39, 0.29) is 30.3 Å². The standard InChI is InChI=1S/C25H24N2O6/c1-16-22(25(29)33-15-14-32-17-8-3-2-4-9-17)23(18-10-5-6-12-20(18)27(30)31)24-19(26-16)11-7-13-21(24)28/h2-6,8-10,12,23,26H,7,11,13-15H2,1H3/t23-/m1/s1. The molecule has 0 saturated carbocycles. The Morgan fingerprint density at radius 2 is 1.82 bits per heavy atom. The van der Waals surface area contributed by atoms with Crippen LogP contribution in [-0.4, -0.2) is 29.9 Å². The molecule has 0 bridgehead atoms. The van der Waals surface area contributed by atoms with Gasteiger partial charge < -0.3 is 14.8 Å². The first kappa shape index (κ1) is 22.3. The maximum Gasteiger partial charge on any atom is 0.336 e. The summed E-state index contributed by atoms with van der Waals surface area (Å²) in [6, 6.07) is 15.4. The first-order chi connectivity index (χ1) is 16.0. The number of hydrogen-bond acceptors (Lipinski definition) is 7. The van der Waals surface area contributed by atoms with Crippen molar-refractivity contribution < 1.29 is 24.0 Å². The molecule has 1 aliphatic heterocycles. The Kier molecular flexibility index (Phi) is 6.53. The predicted octanol–water partition coefficient (Wildman–Crippen LogP) is 4.18. The Hall–Kier alpha value is -3.94. The minimum atomic E-state index is -0.863. The van der Waals surface area contributed by atoms with E-state index in [0.717, 1.165) is 5.70 Å². The minimum absolute atomic E-state index is 0.00599. The lowest BCUT2D eigenvalue weighted by Crippen LogP contribution is -2.35. The molecule has 1 atom stereocenters. The van der Waals surface area contributed by atoms with E-state index in [1.54, 1.807) is 37.3 Å². The molecule has 0 aromatic heterocycles. The highest BCUT2D eigenvalue weighted by Crippen LogP contribution is 2.45. The minimum Gasteiger partial charge on any atom is -0.490 e. The molecule has 2 aliphatic rings. The van der Waals surface area contributed by atoms with Gasteiger partial charge in [0.2, 0.25) is 0 Å². The predicted molar refractivity (Wildman–Crippen MR) is 120 cm³/mol. The van der Waals surface area contributed by atoms with Crippen molar-refractivity contribution in [3.63, 3.8) is 0 Å². The molecule has 0 unspecified atom stereocenters. The van der Waals surface area contributed by atoms with E-state index in [1.165, 1.54) is 6.07 Å². The number of hydrogen-bond donors (Lipinski definition) is 1. The van der Waals surface area contributed by atoms with Crippen molar-refractivity contribution in [1.29, 1.82) is 0 Å². The monoisotopic (exact) mass is 448 g/mol. The maximum absolute atomic E-state index is 13.2. The van der Waals surface area contributed by atoms with Gasteiger partial charge in [0, 0.05) is 35.0 Å². The number of carbonyl (C=O) groups is 2. The third-order valence-electron chi connectivity index (χ3n) is 5.77. The van der Waals surface area contributed by atoms with Crippen molar-refractivity contribution in [3.05, 3.63) is 92.8 Å². The molecular weight excluding hydrogens is 424 g/mol. The average molecular weight is 448 g/mol. The van der Waals surface area contributed by atoms with Crippen molar-refractivity contribution in [2.24, 2.45) is 0 Å². The van der Waals surface area contributed by atoms with Gasteiger partial charge in [-0.2, -0.15) is 0 Å². The number of benzene rings is 2. The second kappa shape index (κ2) is 9.68. The summed E-state index contributed by atoms with van der Waals surface area (Å²) in [4.78, 5) is 37.4. The molecular formula is C25H24N2O6. The Balaban J connectivity index is 1.63. The Morgan fingerprint density at radius 3 is 2.58 bits per heavy atom. The number of nitrogens with zero attached hydrogens (tertiary/aromatic N) is 1. The number of nitro groups is 1. The van der Waals surface area contributed by atoms with Crippen LogP contribution in [0.4, 0.5) is 5.69 Å². The van der Waals surface area contributed by atoms with Gasteiger partial charge in [-0.15, -0.1) is 0 Å². The molecule has 8 heteroatoms. The number of nitrogens with one attached hydrogen (secondary N) is 1. The summed E-state index contributed by atoms with van der Waals surface area (Å²) in [6.45, 7) is 1.87. The van der Waals surface area contributed by atoms with Crippen molar-refractivity contribution in [2.45, 2.75) is 32.1 Å². The van der Waals surface area contributed by atoms with E-state index >= 15 is 0 Å². The van der Waals surface area contributed by atoms with Crippen LogP contribution in [0.2, 0.25) is 0 Å². The lowest BCUT2D eigenvalue weighted by Gasteiger charge is -2.33. The lowest BCUT2D eigenvalue weighted by molar-refractivity contribution is -0.385. The van der Waals surface area contributed by atoms with Crippen molar-refractivity contribution in [2.75, 3.05) is 13.2 Å². The molecule has 1 N–H and O–H groups in total. The van der Waals surface area contributed by atoms with Gasteiger partial charge in [-0.3, -0.25) is 14.9 Å². The van der Waals surface area contributed by atoms with Gasteiger partial charge >= 0.3 is 5.97 Å². The van der Waals surface area contributed by atoms with Gasteiger partial charge in [-0.25, -0.2) is 4.79 Å². The summed E-state index contributed by atoms with van der Waals surface area (Å²) in [5, 5.41) is 14.9.